The summed E-state index contributed by atoms with van der Waals surface area (Å²) in [6.45, 7) is 0. The number of hydrogen-bond donors (Lipinski definition) is 2. The van der Waals surface area contributed by atoms with Crippen LogP contribution in [0.15, 0.2) is 12.2 Å². The standard InChI is InChI=1S/C13H12N2O3S/c14-7-9-8-3-1-2-4-10(8)19-13(9)15-11(16)5-6-12(17)18/h5-6H,1-4H2,(H,15,16)(H,17,18)/b6-5-. The molecule has 1 aromatic rings. The maximum Gasteiger partial charge on any atom is 0.328 e. The number of rotatable bonds is 3. The number of nitriles is 1. The summed E-state index contributed by atoms with van der Waals surface area (Å²) in [5.41, 5.74) is 1.56. The van der Waals surface area contributed by atoms with Crippen LogP contribution in [0.3, 0.4) is 0 Å². The monoisotopic (exact) mass is 276 g/mol. The molecule has 6 heteroatoms. The first-order valence-electron chi connectivity index (χ1n) is 5.88. The predicted octanol–water partition coefficient (Wildman–Crippen LogP) is 2.08. The minimum atomic E-state index is -1.18. The summed E-state index contributed by atoms with van der Waals surface area (Å²) in [7, 11) is 0. The highest BCUT2D eigenvalue weighted by Crippen LogP contribution is 2.37. The Balaban J connectivity index is 2.21. The SMILES string of the molecule is N#Cc1c(NC(=O)/C=C\C(=O)O)sc2c1CCCC2. The molecule has 1 aromatic heterocycles. The van der Waals surface area contributed by atoms with Crippen LogP contribution in [0.1, 0.15) is 28.8 Å². The molecule has 5 nitrogen and oxygen atoms in total. The second kappa shape index (κ2) is 5.67. The van der Waals surface area contributed by atoms with Gasteiger partial charge in [0.2, 0.25) is 5.91 Å². The molecule has 98 valence electrons. The van der Waals surface area contributed by atoms with Crippen LogP contribution in [0.2, 0.25) is 0 Å². The van der Waals surface area contributed by atoms with Crippen molar-refractivity contribution in [2.45, 2.75) is 25.7 Å². The molecular formula is C13H12N2O3S. The summed E-state index contributed by atoms with van der Waals surface area (Å²) in [5, 5.41) is 20.7. The summed E-state index contributed by atoms with van der Waals surface area (Å²) < 4.78 is 0. The van der Waals surface area contributed by atoms with E-state index in [4.69, 9.17) is 5.11 Å². The van der Waals surface area contributed by atoms with E-state index in [0.29, 0.717) is 10.6 Å². The Hall–Kier alpha value is -2.13. The van der Waals surface area contributed by atoms with Crippen LogP contribution in [0, 0.1) is 11.3 Å². The summed E-state index contributed by atoms with van der Waals surface area (Å²) in [5.74, 6) is -1.71. The largest absolute Gasteiger partial charge is 0.478 e. The van der Waals surface area contributed by atoms with E-state index in [1.807, 2.05) is 0 Å². The number of carboxylic acid groups (broad SMARTS) is 1. The number of hydrogen-bond acceptors (Lipinski definition) is 4. The Morgan fingerprint density at radius 1 is 1.32 bits per heavy atom. The topological polar surface area (TPSA) is 90.2 Å². The lowest BCUT2D eigenvalue weighted by Gasteiger charge is -2.09. The van der Waals surface area contributed by atoms with Crippen molar-refractivity contribution >= 4 is 28.2 Å². The smallest absolute Gasteiger partial charge is 0.328 e. The van der Waals surface area contributed by atoms with Crippen LogP contribution >= 0.6 is 11.3 Å². The molecule has 1 heterocycles. The van der Waals surface area contributed by atoms with Crippen molar-refractivity contribution in [2.75, 3.05) is 5.32 Å². The molecule has 0 aromatic carbocycles. The lowest BCUT2D eigenvalue weighted by molar-refractivity contribution is -0.131. The highest BCUT2D eigenvalue weighted by atomic mass is 32.1. The van der Waals surface area contributed by atoms with E-state index in [9.17, 15) is 14.9 Å². The molecule has 0 fully saturated rings. The zero-order valence-electron chi connectivity index (χ0n) is 10.1. The van der Waals surface area contributed by atoms with Crippen molar-refractivity contribution in [2.24, 2.45) is 0 Å². The van der Waals surface area contributed by atoms with E-state index < -0.39 is 11.9 Å². The van der Waals surface area contributed by atoms with Crippen molar-refractivity contribution in [3.63, 3.8) is 0 Å². The number of aryl methyl sites for hydroxylation is 1. The van der Waals surface area contributed by atoms with E-state index in [1.54, 1.807) is 0 Å². The van der Waals surface area contributed by atoms with Crippen LogP contribution in [0.5, 0.6) is 0 Å². The van der Waals surface area contributed by atoms with Crippen molar-refractivity contribution in [3.8, 4) is 6.07 Å². The van der Waals surface area contributed by atoms with Crippen molar-refractivity contribution in [3.05, 3.63) is 28.2 Å². The number of anilines is 1. The van der Waals surface area contributed by atoms with Gasteiger partial charge in [-0.1, -0.05) is 0 Å². The Morgan fingerprint density at radius 3 is 2.74 bits per heavy atom. The summed E-state index contributed by atoms with van der Waals surface area (Å²) in [4.78, 5) is 23.0. The van der Waals surface area contributed by atoms with Crippen LogP contribution < -0.4 is 5.32 Å². The Labute approximate surface area is 114 Å². The van der Waals surface area contributed by atoms with E-state index in [-0.39, 0.29) is 0 Å². The first-order chi connectivity index (χ1) is 9.11. The van der Waals surface area contributed by atoms with Gasteiger partial charge in [0, 0.05) is 17.0 Å². The zero-order valence-corrected chi connectivity index (χ0v) is 10.9. The molecule has 0 aliphatic heterocycles. The number of nitrogens with one attached hydrogen (secondary N) is 1. The molecule has 0 saturated heterocycles. The van der Waals surface area contributed by atoms with Gasteiger partial charge in [0.15, 0.2) is 0 Å². The quantitative estimate of drug-likeness (QED) is 0.827. The number of amides is 1. The number of thiophene rings is 1. The molecule has 0 unspecified atom stereocenters. The molecule has 2 rings (SSSR count). The van der Waals surface area contributed by atoms with Crippen LogP contribution in [-0.4, -0.2) is 17.0 Å². The molecule has 1 aliphatic rings. The molecule has 0 spiro atoms. The third-order valence-corrected chi connectivity index (χ3v) is 4.10. The second-order valence-electron chi connectivity index (χ2n) is 4.19. The average molecular weight is 276 g/mol. The summed E-state index contributed by atoms with van der Waals surface area (Å²) in [6.07, 6.45) is 5.69. The number of carbonyl (C=O) groups is 2. The van der Waals surface area contributed by atoms with Crippen LogP contribution in [0.4, 0.5) is 5.00 Å². The minimum absolute atomic E-state index is 0.523. The zero-order chi connectivity index (χ0) is 13.8. The van der Waals surface area contributed by atoms with Crippen molar-refractivity contribution in [1.82, 2.24) is 0 Å². The minimum Gasteiger partial charge on any atom is -0.478 e. The number of carboxylic acids is 1. The van der Waals surface area contributed by atoms with Crippen LogP contribution in [0.25, 0.3) is 0 Å². The van der Waals surface area contributed by atoms with Gasteiger partial charge in [0.1, 0.15) is 11.1 Å². The fourth-order valence-corrected chi connectivity index (χ4v) is 3.32. The average Bonchev–Trinajstić information content (AvgIpc) is 2.73. The first-order valence-corrected chi connectivity index (χ1v) is 6.70. The molecule has 0 saturated carbocycles. The van der Waals surface area contributed by atoms with Gasteiger partial charge in [-0.05, 0) is 31.2 Å². The molecule has 0 bridgehead atoms. The molecule has 1 aliphatic carbocycles. The van der Waals surface area contributed by atoms with Crippen molar-refractivity contribution < 1.29 is 14.7 Å². The van der Waals surface area contributed by atoms with Gasteiger partial charge in [-0.15, -0.1) is 11.3 Å². The van der Waals surface area contributed by atoms with E-state index >= 15 is 0 Å². The fraction of sp³-hybridized carbons (Fsp3) is 0.308. The third-order valence-electron chi connectivity index (χ3n) is 2.90. The molecule has 0 atom stereocenters. The lowest BCUT2D eigenvalue weighted by atomic mass is 9.96. The molecule has 0 radical (unpaired) electrons. The Morgan fingerprint density at radius 2 is 2.05 bits per heavy atom. The summed E-state index contributed by atoms with van der Waals surface area (Å²) >= 11 is 1.41. The van der Waals surface area contributed by atoms with Gasteiger partial charge in [0.05, 0.1) is 5.56 Å². The number of nitrogens with zero attached hydrogens (tertiary/aromatic N) is 1. The predicted molar refractivity (Wildman–Crippen MR) is 71.1 cm³/mol. The Kier molecular flexibility index (Phi) is 3.97. The van der Waals surface area contributed by atoms with Gasteiger partial charge in [0.25, 0.3) is 0 Å². The Bertz CT molecular complexity index is 596. The van der Waals surface area contributed by atoms with Crippen molar-refractivity contribution in [1.29, 1.82) is 5.26 Å². The summed E-state index contributed by atoms with van der Waals surface area (Å²) in [6, 6.07) is 2.13. The second-order valence-corrected chi connectivity index (χ2v) is 5.29. The van der Waals surface area contributed by atoms with E-state index in [0.717, 1.165) is 48.3 Å². The lowest BCUT2D eigenvalue weighted by Crippen LogP contribution is -2.08. The maximum absolute atomic E-state index is 11.5. The highest BCUT2D eigenvalue weighted by molar-refractivity contribution is 7.16. The molecule has 2 N–H and O–H groups in total. The number of fused-ring (bicyclic) bond motifs is 1. The number of carbonyl (C=O) groups excluding carboxylic acids is 1. The van der Waals surface area contributed by atoms with Gasteiger partial charge >= 0.3 is 5.97 Å². The highest BCUT2D eigenvalue weighted by Gasteiger charge is 2.21. The fourth-order valence-electron chi connectivity index (χ4n) is 2.07. The first kappa shape index (κ1) is 13.3. The molecule has 1 amide bonds. The van der Waals surface area contributed by atoms with Gasteiger partial charge in [-0.3, -0.25) is 4.79 Å². The normalized spacial score (nSPS) is 13.8. The van der Waals surface area contributed by atoms with Gasteiger partial charge in [-0.2, -0.15) is 5.26 Å². The van der Waals surface area contributed by atoms with Gasteiger partial charge in [-0.25, -0.2) is 4.79 Å². The third kappa shape index (κ3) is 3.01. The number of aliphatic carboxylic acids is 1. The van der Waals surface area contributed by atoms with E-state index in [2.05, 4.69) is 11.4 Å². The van der Waals surface area contributed by atoms with Crippen LogP contribution in [-0.2, 0) is 22.4 Å². The molecular weight excluding hydrogens is 264 g/mol. The van der Waals surface area contributed by atoms with E-state index in [1.165, 1.54) is 11.3 Å². The molecule has 19 heavy (non-hydrogen) atoms. The van der Waals surface area contributed by atoms with Gasteiger partial charge < -0.3 is 10.4 Å². The maximum atomic E-state index is 11.5.